The van der Waals surface area contributed by atoms with Crippen molar-refractivity contribution >= 4 is 34.8 Å². The molecule has 0 bridgehead atoms. The van der Waals surface area contributed by atoms with Crippen LogP contribution in [0.5, 0.6) is 0 Å². The van der Waals surface area contributed by atoms with E-state index in [9.17, 15) is 19.5 Å². The third kappa shape index (κ3) is 4.68. The molecular formula is C18H15ClN2O6. The molecule has 0 fully saturated rings. The van der Waals surface area contributed by atoms with Crippen LogP contribution in [0.25, 0.3) is 11.1 Å². The Morgan fingerprint density at radius 2 is 1.96 bits per heavy atom. The summed E-state index contributed by atoms with van der Waals surface area (Å²) in [5.74, 6) is -1.90. The molecule has 0 radical (unpaired) electrons. The van der Waals surface area contributed by atoms with Gasteiger partial charge in [-0.25, -0.2) is 14.4 Å². The number of carbonyl (C=O) groups is 2. The zero-order valence-corrected chi connectivity index (χ0v) is 14.7. The van der Waals surface area contributed by atoms with Crippen LogP contribution in [0.1, 0.15) is 11.1 Å². The Bertz CT molecular complexity index is 1030. The number of fused-ring (bicyclic) bond motifs is 1. The molecule has 1 aromatic heterocycles. The van der Waals surface area contributed by atoms with Crippen molar-refractivity contribution in [1.82, 2.24) is 10.3 Å². The predicted molar refractivity (Wildman–Crippen MR) is 96.7 cm³/mol. The maximum Gasteiger partial charge on any atom is 0.417 e. The molecule has 1 heterocycles. The number of hydrogen-bond acceptors (Lipinski definition) is 5. The smallest absolute Gasteiger partial charge is 0.417 e. The zero-order valence-electron chi connectivity index (χ0n) is 13.9. The van der Waals surface area contributed by atoms with Crippen molar-refractivity contribution in [3.05, 3.63) is 69.2 Å². The Morgan fingerprint density at radius 1 is 1.22 bits per heavy atom. The second-order valence-electron chi connectivity index (χ2n) is 5.77. The highest BCUT2D eigenvalue weighted by Crippen LogP contribution is 2.23. The van der Waals surface area contributed by atoms with Gasteiger partial charge in [0.15, 0.2) is 5.58 Å². The number of benzene rings is 2. The number of nitrogens with one attached hydrogen (secondary N) is 2. The maximum absolute atomic E-state index is 11.9. The predicted octanol–water partition coefficient (Wildman–Crippen LogP) is 2.70. The molecule has 8 nitrogen and oxygen atoms in total. The van der Waals surface area contributed by atoms with E-state index in [1.807, 2.05) is 6.07 Å². The van der Waals surface area contributed by atoms with Gasteiger partial charge >= 0.3 is 17.8 Å². The van der Waals surface area contributed by atoms with E-state index >= 15 is 0 Å². The minimum absolute atomic E-state index is 0.0192. The van der Waals surface area contributed by atoms with Crippen LogP contribution < -0.4 is 11.1 Å². The summed E-state index contributed by atoms with van der Waals surface area (Å²) in [6.45, 7) is 0.0192. The van der Waals surface area contributed by atoms with Crippen molar-refractivity contribution in [2.24, 2.45) is 0 Å². The van der Waals surface area contributed by atoms with E-state index in [2.05, 4.69) is 10.3 Å². The lowest BCUT2D eigenvalue weighted by atomic mass is 10.1. The number of oxazole rings is 1. The van der Waals surface area contributed by atoms with Crippen molar-refractivity contribution in [3.63, 3.8) is 0 Å². The van der Waals surface area contributed by atoms with Crippen molar-refractivity contribution < 1.29 is 23.8 Å². The lowest BCUT2D eigenvalue weighted by Gasteiger charge is -2.15. The Hall–Kier alpha value is -3.26. The lowest BCUT2D eigenvalue weighted by Crippen LogP contribution is -2.42. The summed E-state index contributed by atoms with van der Waals surface area (Å²) in [5.41, 5.74) is 1.79. The SMILES string of the molecule is O=C(N[C@H](Cc1cc(Cl)c2[nH]c(=O)oc2c1)C(=O)O)OCc1ccccc1. The van der Waals surface area contributed by atoms with Crippen LogP contribution in [0.4, 0.5) is 4.79 Å². The summed E-state index contributed by atoms with van der Waals surface area (Å²) in [7, 11) is 0. The van der Waals surface area contributed by atoms with E-state index < -0.39 is 23.9 Å². The van der Waals surface area contributed by atoms with Crippen LogP contribution >= 0.6 is 11.6 Å². The van der Waals surface area contributed by atoms with Crippen LogP contribution in [0.3, 0.4) is 0 Å². The number of rotatable bonds is 6. The molecule has 0 aliphatic heterocycles. The Labute approximate surface area is 157 Å². The van der Waals surface area contributed by atoms with Crippen molar-refractivity contribution in [1.29, 1.82) is 0 Å². The largest absolute Gasteiger partial charge is 0.480 e. The van der Waals surface area contributed by atoms with Gasteiger partial charge in [0.1, 0.15) is 18.2 Å². The molecular weight excluding hydrogens is 376 g/mol. The van der Waals surface area contributed by atoms with Crippen LogP contribution in [0.15, 0.2) is 51.7 Å². The number of halogens is 1. The van der Waals surface area contributed by atoms with E-state index in [0.717, 1.165) is 5.56 Å². The van der Waals surface area contributed by atoms with Gasteiger partial charge in [-0.15, -0.1) is 0 Å². The van der Waals surface area contributed by atoms with E-state index in [1.165, 1.54) is 12.1 Å². The first-order valence-electron chi connectivity index (χ1n) is 7.93. The topological polar surface area (TPSA) is 122 Å². The summed E-state index contributed by atoms with van der Waals surface area (Å²) in [5, 5.41) is 11.9. The van der Waals surface area contributed by atoms with Gasteiger partial charge in [-0.05, 0) is 23.3 Å². The van der Waals surface area contributed by atoms with Gasteiger partial charge in [0, 0.05) is 6.42 Å². The van der Waals surface area contributed by atoms with Gasteiger partial charge in [0.05, 0.1) is 5.02 Å². The molecule has 1 amide bonds. The van der Waals surface area contributed by atoms with Gasteiger partial charge in [-0.3, -0.25) is 4.98 Å². The van der Waals surface area contributed by atoms with Gasteiger partial charge < -0.3 is 19.6 Å². The summed E-state index contributed by atoms with van der Waals surface area (Å²) < 4.78 is 9.98. The summed E-state index contributed by atoms with van der Waals surface area (Å²) in [4.78, 5) is 37.1. The number of carbonyl (C=O) groups excluding carboxylic acids is 1. The summed E-state index contributed by atoms with van der Waals surface area (Å²) in [6.07, 6.45) is -0.924. The molecule has 140 valence electrons. The third-order valence-electron chi connectivity index (χ3n) is 3.79. The number of alkyl carbamates (subject to hydrolysis) is 1. The fourth-order valence-electron chi connectivity index (χ4n) is 2.52. The monoisotopic (exact) mass is 390 g/mol. The average Bonchev–Trinajstić information content (AvgIpc) is 3.01. The second-order valence-corrected chi connectivity index (χ2v) is 6.17. The van der Waals surface area contributed by atoms with E-state index in [4.69, 9.17) is 20.8 Å². The molecule has 3 aromatic rings. The molecule has 2 aromatic carbocycles. The van der Waals surface area contributed by atoms with Gasteiger partial charge in [-0.1, -0.05) is 41.9 Å². The number of aliphatic carboxylic acids is 1. The lowest BCUT2D eigenvalue weighted by molar-refractivity contribution is -0.139. The van der Waals surface area contributed by atoms with Gasteiger partial charge in [-0.2, -0.15) is 0 Å². The number of aromatic nitrogens is 1. The number of carboxylic acids is 1. The minimum atomic E-state index is -1.24. The molecule has 0 aliphatic carbocycles. The van der Waals surface area contributed by atoms with Crippen molar-refractivity contribution in [2.45, 2.75) is 19.1 Å². The Kier molecular flexibility index (Phi) is 5.46. The number of aromatic amines is 1. The molecule has 0 spiro atoms. The first kappa shape index (κ1) is 18.5. The fourth-order valence-corrected chi connectivity index (χ4v) is 2.81. The van der Waals surface area contributed by atoms with Gasteiger partial charge in [0.2, 0.25) is 0 Å². The Balaban J connectivity index is 1.67. The first-order chi connectivity index (χ1) is 12.9. The summed E-state index contributed by atoms with van der Waals surface area (Å²) >= 11 is 6.07. The van der Waals surface area contributed by atoms with E-state index in [-0.39, 0.29) is 23.6 Å². The molecule has 0 saturated carbocycles. The van der Waals surface area contributed by atoms with Crippen LogP contribution in [0, 0.1) is 0 Å². The molecule has 9 heteroatoms. The molecule has 1 atom stereocenters. The quantitative estimate of drug-likeness (QED) is 0.595. The minimum Gasteiger partial charge on any atom is -0.480 e. The number of ether oxygens (including phenoxy) is 1. The van der Waals surface area contributed by atoms with E-state index in [1.54, 1.807) is 24.3 Å². The molecule has 3 rings (SSSR count). The standard InChI is InChI=1S/C18H15ClN2O6/c19-12-6-11(8-14-15(12)21-18(25)27-14)7-13(16(22)23)20-17(24)26-9-10-4-2-1-3-5-10/h1-6,8,13H,7,9H2,(H,20,24)(H,21,25)(H,22,23)/t13-/m1/s1. The molecule has 3 N–H and O–H groups in total. The maximum atomic E-state index is 11.9. The highest BCUT2D eigenvalue weighted by atomic mass is 35.5. The van der Waals surface area contributed by atoms with Crippen molar-refractivity contribution in [2.75, 3.05) is 0 Å². The second kappa shape index (κ2) is 7.96. The summed E-state index contributed by atoms with van der Waals surface area (Å²) in [6, 6.07) is 10.7. The normalized spacial score (nSPS) is 11.9. The van der Waals surface area contributed by atoms with Crippen LogP contribution in [-0.2, 0) is 22.6 Å². The molecule has 27 heavy (non-hydrogen) atoms. The number of hydrogen-bond donors (Lipinski definition) is 3. The van der Waals surface area contributed by atoms with Crippen LogP contribution in [-0.4, -0.2) is 28.2 Å². The number of amides is 1. The van der Waals surface area contributed by atoms with Crippen LogP contribution in [0.2, 0.25) is 5.02 Å². The number of H-pyrrole nitrogens is 1. The highest BCUT2D eigenvalue weighted by molar-refractivity contribution is 6.34. The van der Waals surface area contributed by atoms with Gasteiger partial charge in [0.25, 0.3) is 0 Å². The molecule has 0 saturated heterocycles. The fraction of sp³-hybridized carbons (Fsp3) is 0.167. The molecule has 0 aliphatic rings. The zero-order chi connectivity index (χ0) is 19.4. The Morgan fingerprint density at radius 3 is 2.67 bits per heavy atom. The average molecular weight is 391 g/mol. The first-order valence-corrected chi connectivity index (χ1v) is 8.31. The third-order valence-corrected chi connectivity index (χ3v) is 4.08. The highest BCUT2D eigenvalue weighted by Gasteiger charge is 2.22. The van der Waals surface area contributed by atoms with E-state index in [0.29, 0.717) is 11.1 Å². The number of carboxylic acid groups (broad SMARTS) is 1. The molecule has 0 unspecified atom stereocenters. The van der Waals surface area contributed by atoms with Crippen molar-refractivity contribution in [3.8, 4) is 0 Å².